The molecule has 0 bridgehead atoms. The number of hydrogen-bond donors (Lipinski definition) is 0. The Morgan fingerprint density at radius 1 is 0.789 bits per heavy atom. The monoisotopic (exact) mass is 250 g/mol. The zero-order valence-corrected chi connectivity index (χ0v) is 10.7. The van der Waals surface area contributed by atoms with Crippen molar-refractivity contribution in [1.82, 2.24) is 10.2 Å². The summed E-state index contributed by atoms with van der Waals surface area (Å²) in [7, 11) is 0. The second-order valence-electron chi connectivity index (χ2n) is 4.30. The van der Waals surface area contributed by atoms with Gasteiger partial charge in [0.05, 0.1) is 0 Å². The summed E-state index contributed by atoms with van der Waals surface area (Å²) in [6.45, 7) is 2.00. The highest BCUT2D eigenvalue weighted by atomic mass is 16.4. The fourth-order valence-electron chi connectivity index (χ4n) is 1.95. The lowest BCUT2D eigenvalue weighted by Gasteiger charge is -2.01. The third-order valence-electron chi connectivity index (χ3n) is 3.01. The molecule has 0 saturated carbocycles. The average molecular weight is 250 g/mol. The van der Waals surface area contributed by atoms with Gasteiger partial charge in [-0.15, -0.1) is 10.2 Å². The van der Waals surface area contributed by atoms with Gasteiger partial charge in [-0.2, -0.15) is 0 Å². The quantitative estimate of drug-likeness (QED) is 0.706. The number of hydrogen-bond acceptors (Lipinski definition) is 3. The first-order valence-corrected chi connectivity index (χ1v) is 6.35. The fourth-order valence-corrected chi connectivity index (χ4v) is 1.95. The number of aromatic nitrogens is 2. The summed E-state index contributed by atoms with van der Waals surface area (Å²) in [5.74, 6) is 1.25. The van der Waals surface area contributed by atoms with Crippen molar-refractivity contribution >= 4 is 0 Å². The minimum Gasteiger partial charge on any atom is -0.421 e. The van der Waals surface area contributed by atoms with Gasteiger partial charge in [0.1, 0.15) is 0 Å². The van der Waals surface area contributed by atoms with Crippen molar-refractivity contribution < 1.29 is 4.42 Å². The molecule has 3 rings (SSSR count). The van der Waals surface area contributed by atoms with Gasteiger partial charge in [-0.05, 0) is 23.3 Å². The van der Waals surface area contributed by atoms with Gasteiger partial charge in [0.15, 0.2) is 0 Å². The average Bonchev–Trinajstić information content (AvgIpc) is 2.97. The Kier molecular flexibility index (Phi) is 3.11. The standard InChI is InChI=1S/C16H14N2O/c1-2-15-17-18-16(19-15)14-10-8-13(9-11-14)12-6-4-3-5-7-12/h3-11H,2H2,1H3. The SMILES string of the molecule is CCc1nnc(-c2ccc(-c3ccccc3)cc2)o1. The molecule has 1 aromatic heterocycles. The third-order valence-corrected chi connectivity index (χ3v) is 3.01. The van der Waals surface area contributed by atoms with Crippen LogP contribution in [0.15, 0.2) is 59.0 Å². The van der Waals surface area contributed by atoms with Crippen molar-refractivity contribution in [3.05, 3.63) is 60.5 Å². The molecule has 0 aliphatic carbocycles. The molecule has 3 heteroatoms. The number of aryl methyl sites for hydroxylation is 1. The van der Waals surface area contributed by atoms with Gasteiger partial charge in [0, 0.05) is 12.0 Å². The van der Waals surface area contributed by atoms with Crippen molar-refractivity contribution in [2.24, 2.45) is 0 Å². The molecule has 0 saturated heterocycles. The van der Waals surface area contributed by atoms with Gasteiger partial charge >= 0.3 is 0 Å². The van der Waals surface area contributed by atoms with Crippen LogP contribution in [-0.4, -0.2) is 10.2 Å². The molecule has 3 nitrogen and oxygen atoms in total. The van der Waals surface area contributed by atoms with Crippen LogP contribution in [0.1, 0.15) is 12.8 Å². The summed E-state index contributed by atoms with van der Waals surface area (Å²) in [4.78, 5) is 0. The van der Waals surface area contributed by atoms with Crippen molar-refractivity contribution in [1.29, 1.82) is 0 Å². The molecule has 1 heterocycles. The van der Waals surface area contributed by atoms with E-state index in [0.717, 1.165) is 12.0 Å². The van der Waals surface area contributed by atoms with Gasteiger partial charge in [-0.1, -0.05) is 49.4 Å². The number of benzene rings is 2. The topological polar surface area (TPSA) is 38.9 Å². The third kappa shape index (κ3) is 2.40. The maximum Gasteiger partial charge on any atom is 0.247 e. The maximum absolute atomic E-state index is 5.54. The smallest absolute Gasteiger partial charge is 0.247 e. The van der Waals surface area contributed by atoms with Crippen molar-refractivity contribution in [2.75, 3.05) is 0 Å². The van der Waals surface area contributed by atoms with Crippen LogP contribution >= 0.6 is 0 Å². The second-order valence-corrected chi connectivity index (χ2v) is 4.30. The van der Waals surface area contributed by atoms with E-state index in [4.69, 9.17) is 4.42 Å². The Balaban J connectivity index is 1.90. The van der Waals surface area contributed by atoms with Crippen LogP contribution in [0.5, 0.6) is 0 Å². The number of rotatable bonds is 3. The molecule has 0 aliphatic rings. The van der Waals surface area contributed by atoms with Crippen LogP contribution in [0.25, 0.3) is 22.6 Å². The van der Waals surface area contributed by atoms with Gasteiger partial charge in [0.2, 0.25) is 11.8 Å². The first kappa shape index (κ1) is 11.7. The fraction of sp³-hybridized carbons (Fsp3) is 0.125. The van der Waals surface area contributed by atoms with Gasteiger partial charge in [-0.25, -0.2) is 0 Å². The van der Waals surface area contributed by atoms with Crippen LogP contribution in [0.4, 0.5) is 0 Å². The first-order valence-electron chi connectivity index (χ1n) is 6.35. The van der Waals surface area contributed by atoms with Gasteiger partial charge < -0.3 is 4.42 Å². The van der Waals surface area contributed by atoms with Crippen LogP contribution in [0.2, 0.25) is 0 Å². The van der Waals surface area contributed by atoms with Crippen molar-refractivity contribution in [3.8, 4) is 22.6 Å². The van der Waals surface area contributed by atoms with E-state index >= 15 is 0 Å². The molecule has 0 aliphatic heterocycles. The molecule has 2 aromatic carbocycles. The van der Waals surface area contributed by atoms with E-state index in [9.17, 15) is 0 Å². The van der Waals surface area contributed by atoms with E-state index in [1.165, 1.54) is 11.1 Å². The minimum absolute atomic E-state index is 0.580. The molecule has 19 heavy (non-hydrogen) atoms. The zero-order valence-electron chi connectivity index (χ0n) is 10.7. The van der Waals surface area contributed by atoms with E-state index in [1.807, 2.05) is 37.3 Å². The highest BCUT2D eigenvalue weighted by Gasteiger charge is 2.07. The van der Waals surface area contributed by atoms with E-state index in [-0.39, 0.29) is 0 Å². The Morgan fingerprint density at radius 3 is 2.05 bits per heavy atom. The molecular weight excluding hydrogens is 236 g/mol. The lowest BCUT2D eigenvalue weighted by Crippen LogP contribution is -1.80. The van der Waals surface area contributed by atoms with Gasteiger partial charge in [-0.3, -0.25) is 0 Å². The molecule has 94 valence electrons. The summed E-state index contributed by atoms with van der Waals surface area (Å²) in [6.07, 6.45) is 0.759. The van der Waals surface area contributed by atoms with Crippen LogP contribution in [-0.2, 0) is 6.42 Å². The van der Waals surface area contributed by atoms with E-state index < -0.39 is 0 Å². The molecule has 0 amide bonds. The molecular formula is C16H14N2O. The normalized spacial score (nSPS) is 10.6. The van der Waals surface area contributed by atoms with Crippen LogP contribution < -0.4 is 0 Å². The molecule has 3 aromatic rings. The highest BCUT2D eigenvalue weighted by Crippen LogP contribution is 2.23. The summed E-state index contributed by atoms with van der Waals surface area (Å²) in [6, 6.07) is 18.4. The Morgan fingerprint density at radius 2 is 1.42 bits per heavy atom. The predicted octanol–water partition coefficient (Wildman–Crippen LogP) is 3.97. The second kappa shape index (κ2) is 5.06. The molecule has 0 N–H and O–H groups in total. The predicted molar refractivity (Wildman–Crippen MR) is 74.5 cm³/mol. The summed E-state index contributed by atoms with van der Waals surface area (Å²) in [5.41, 5.74) is 3.33. The van der Waals surface area contributed by atoms with Crippen LogP contribution in [0.3, 0.4) is 0 Å². The Labute approximate surface area is 111 Å². The van der Waals surface area contributed by atoms with Crippen LogP contribution in [0, 0.1) is 0 Å². The van der Waals surface area contributed by atoms with E-state index in [1.54, 1.807) is 0 Å². The number of nitrogens with zero attached hydrogens (tertiary/aromatic N) is 2. The molecule has 0 radical (unpaired) electrons. The highest BCUT2D eigenvalue weighted by molar-refractivity contribution is 5.67. The summed E-state index contributed by atoms with van der Waals surface area (Å²) >= 11 is 0. The maximum atomic E-state index is 5.54. The molecule has 0 unspecified atom stereocenters. The van der Waals surface area contributed by atoms with Crippen molar-refractivity contribution in [3.63, 3.8) is 0 Å². The lowest BCUT2D eigenvalue weighted by atomic mass is 10.0. The molecule has 0 fully saturated rings. The molecule has 0 spiro atoms. The minimum atomic E-state index is 0.580. The lowest BCUT2D eigenvalue weighted by molar-refractivity contribution is 0.513. The zero-order chi connectivity index (χ0) is 13.1. The van der Waals surface area contributed by atoms with E-state index in [2.05, 4.69) is 34.5 Å². The first-order chi connectivity index (χ1) is 9.36. The summed E-state index contributed by atoms with van der Waals surface area (Å²) in [5, 5.41) is 8.02. The Bertz CT molecular complexity index is 657. The Hall–Kier alpha value is -2.42. The molecule has 0 atom stereocenters. The largest absolute Gasteiger partial charge is 0.421 e. The summed E-state index contributed by atoms with van der Waals surface area (Å²) < 4.78 is 5.54. The van der Waals surface area contributed by atoms with Crippen molar-refractivity contribution in [2.45, 2.75) is 13.3 Å². The van der Waals surface area contributed by atoms with E-state index in [0.29, 0.717) is 11.8 Å². The van der Waals surface area contributed by atoms with Gasteiger partial charge in [0.25, 0.3) is 0 Å².